The second-order valence-corrected chi connectivity index (χ2v) is 5.33. The van der Waals surface area contributed by atoms with Gasteiger partial charge in [-0.3, -0.25) is 4.98 Å². The lowest BCUT2D eigenvalue weighted by molar-refractivity contribution is 0.515. The van der Waals surface area contributed by atoms with E-state index in [0.717, 1.165) is 22.5 Å². The SMILES string of the molecule is NCC(NCCC1CC1)c1cncc(Br)c1. The van der Waals surface area contributed by atoms with Crippen LogP contribution in [0.3, 0.4) is 0 Å². The van der Waals surface area contributed by atoms with E-state index in [4.69, 9.17) is 5.73 Å². The van der Waals surface area contributed by atoms with Crippen LogP contribution in [-0.2, 0) is 0 Å². The Morgan fingerprint density at radius 3 is 2.94 bits per heavy atom. The molecule has 1 aromatic heterocycles. The molecule has 16 heavy (non-hydrogen) atoms. The van der Waals surface area contributed by atoms with Crippen LogP contribution >= 0.6 is 15.9 Å². The van der Waals surface area contributed by atoms with Crippen LogP contribution in [0.1, 0.15) is 30.9 Å². The average molecular weight is 284 g/mol. The van der Waals surface area contributed by atoms with E-state index in [0.29, 0.717) is 6.54 Å². The number of hydrogen-bond acceptors (Lipinski definition) is 3. The van der Waals surface area contributed by atoms with Gasteiger partial charge in [0.2, 0.25) is 0 Å². The molecular weight excluding hydrogens is 266 g/mol. The predicted molar refractivity (Wildman–Crippen MR) is 69.1 cm³/mol. The van der Waals surface area contributed by atoms with Gasteiger partial charge in [0.15, 0.2) is 0 Å². The van der Waals surface area contributed by atoms with Crippen molar-refractivity contribution in [2.75, 3.05) is 13.1 Å². The molecule has 1 aromatic rings. The Morgan fingerprint density at radius 1 is 1.50 bits per heavy atom. The van der Waals surface area contributed by atoms with Gasteiger partial charge in [0, 0.05) is 29.5 Å². The molecule has 1 aliphatic rings. The number of hydrogen-bond donors (Lipinski definition) is 2. The summed E-state index contributed by atoms with van der Waals surface area (Å²) in [6.45, 7) is 1.67. The molecule has 1 aliphatic carbocycles. The van der Waals surface area contributed by atoms with Gasteiger partial charge in [0.1, 0.15) is 0 Å². The summed E-state index contributed by atoms with van der Waals surface area (Å²) in [7, 11) is 0. The largest absolute Gasteiger partial charge is 0.329 e. The van der Waals surface area contributed by atoms with Gasteiger partial charge in [-0.1, -0.05) is 12.8 Å². The summed E-state index contributed by atoms with van der Waals surface area (Å²) < 4.78 is 1.01. The van der Waals surface area contributed by atoms with E-state index in [-0.39, 0.29) is 6.04 Å². The highest BCUT2D eigenvalue weighted by Gasteiger charge is 2.21. The van der Waals surface area contributed by atoms with Crippen LogP contribution in [0.2, 0.25) is 0 Å². The number of nitrogens with one attached hydrogen (secondary N) is 1. The van der Waals surface area contributed by atoms with Gasteiger partial charge < -0.3 is 11.1 Å². The van der Waals surface area contributed by atoms with Gasteiger partial charge in [-0.15, -0.1) is 0 Å². The van der Waals surface area contributed by atoms with Gasteiger partial charge in [0.25, 0.3) is 0 Å². The van der Waals surface area contributed by atoms with Crippen LogP contribution < -0.4 is 11.1 Å². The van der Waals surface area contributed by atoms with E-state index < -0.39 is 0 Å². The minimum atomic E-state index is 0.226. The van der Waals surface area contributed by atoms with Crippen molar-refractivity contribution in [3.05, 3.63) is 28.5 Å². The lowest BCUT2D eigenvalue weighted by atomic mass is 10.1. The summed E-state index contributed by atoms with van der Waals surface area (Å²) in [4.78, 5) is 4.17. The van der Waals surface area contributed by atoms with E-state index in [2.05, 4.69) is 32.3 Å². The quantitative estimate of drug-likeness (QED) is 0.842. The summed E-state index contributed by atoms with van der Waals surface area (Å²) in [5.41, 5.74) is 6.94. The van der Waals surface area contributed by atoms with Gasteiger partial charge in [-0.05, 0) is 46.4 Å². The maximum Gasteiger partial charge on any atom is 0.0460 e. The van der Waals surface area contributed by atoms with E-state index in [1.165, 1.54) is 19.3 Å². The zero-order valence-electron chi connectivity index (χ0n) is 9.32. The van der Waals surface area contributed by atoms with Crippen LogP contribution in [0.5, 0.6) is 0 Å². The number of nitrogens with zero attached hydrogens (tertiary/aromatic N) is 1. The average Bonchev–Trinajstić information content (AvgIpc) is 3.08. The lowest BCUT2D eigenvalue weighted by Gasteiger charge is -2.17. The van der Waals surface area contributed by atoms with Crippen molar-refractivity contribution in [3.8, 4) is 0 Å². The highest BCUT2D eigenvalue weighted by atomic mass is 79.9. The predicted octanol–water partition coefficient (Wildman–Crippen LogP) is 2.23. The Balaban J connectivity index is 1.87. The van der Waals surface area contributed by atoms with E-state index >= 15 is 0 Å². The minimum Gasteiger partial charge on any atom is -0.329 e. The van der Waals surface area contributed by atoms with Crippen LogP contribution in [-0.4, -0.2) is 18.1 Å². The molecule has 88 valence electrons. The van der Waals surface area contributed by atoms with Gasteiger partial charge in [-0.25, -0.2) is 0 Å². The third kappa shape index (κ3) is 3.54. The second kappa shape index (κ2) is 5.75. The molecule has 0 spiro atoms. The zero-order valence-corrected chi connectivity index (χ0v) is 10.9. The Bertz CT molecular complexity index is 339. The Hall–Kier alpha value is -0.450. The monoisotopic (exact) mass is 283 g/mol. The third-order valence-corrected chi connectivity index (χ3v) is 3.44. The van der Waals surface area contributed by atoms with Crippen LogP contribution in [0.25, 0.3) is 0 Å². The van der Waals surface area contributed by atoms with Gasteiger partial charge >= 0.3 is 0 Å². The topological polar surface area (TPSA) is 50.9 Å². The number of pyridine rings is 1. The van der Waals surface area contributed by atoms with Gasteiger partial charge in [-0.2, -0.15) is 0 Å². The molecule has 0 aliphatic heterocycles. The standard InChI is InChI=1S/C12H18BrN3/c13-11-5-10(7-15-8-11)12(6-14)16-4-3-9-1-2-9/h5,7-9,12,16H,1-4,6,14H2. The second-order valence-electron chi connectivity index (χ2n) is 4.41. The van der Waals surface area contributed by atoms with Crippen LogP contribution in [0.15, 0.2) is 22.9 Å². The normalized spacial score (nSPS) is 17.4. The highest BCUT2D eigenvalue weighted by Crippen LogP contribution is 2.31. The summed E-state index contributed by atoms with van der Waals surface area (Å²) in [5, 5.41) is 3.50. The Kier molecular flexibility index (Phi) is 4.32. The molecule has 1 saturated carbocycles. The number of aromatic nitrogens is 1. The Morgan fingerprint density at radius 2 is 2.31 bits per heavy atom. The molecule has 0 saturated heterocycles. The van der Waals surface area contributed by atoms with Crippen molar-refractivity contribution in [2.24, 2.45) is 11.7 Å². The van der Waals surface area contributed by atoms with E-state index in [9.17, 15) is 0 Å². The van der Waals surface area contributed by atoms with Gasteiger partial charge in [0.05, 0.1) is 0 Å². The fraction of sp³-hybridized carbons (Fsp3) is 0.583. The fourth-order valence-corrected chi connectivity index (χ4v) is 2.21. The molecule has 1 unspecified atom stereocenters. The van der Waals surface area contributed by atoms with E-state index in [1.54, 1.807) is 6.20 Å². The van der Waals surface area contributed by atoms with Crippen molar-refractivity contribution in [2.45, 2.75) is 25.3 Å². The molecule has 0 amide bonds. The maximum atomic E-state index is 5.78. The van der Waals surface area contributed by atoms with Crippen molar-refractivity contribution in [1.29, 1.82) is 0 Å². The number of halogens is 1. The molecule has 3 nitrogen and oxygen atoms in total. The first-order valence-corrected chi connectivity index (χ1v) is 6.63. The van der Waals surface area contributed by atoms with Crippen molar-refractivity contribution in [3.63, 3.8) is 0 Å². The van der Waals surface area contributed by atoms with Crippen molar-refractivity contribution < 1.29 is 0 Å². The molecular formula is C12H18BrN3. The first kappa shape index (κ1) is 12.0. The summed E-state index contributed by atoms with van der Waals surface area (Å²) in [6, 6.07) is 2.30. The van der Waals surface area contributed by atoms with Crippen molar-refractivity contribution in [1.82, 2.24) is 10.3 Å². The maximum absolute atomic E-state index is 5.78. The van der Waals surface area contributed by atoms with Crippen LogP contribution in [0, 0.1) is 5.92 Å². The lowest BCUT2D eigenvalue weighted by Crippen LogP contribution is -2.29. The van der Waals surface area contributed by atoms with Crippen molar-refractivity contribution >= 4 is 15.9 Å². The number of rotatable bonds is 6. The van der Waals surface area contributed by atoms with E-state index in [1.807, 2.05) is 6.20 Å². The summed E-state index contributed by atoms with van der Waals surface area (Å²) in [6.07, 6.45) is 7.77. The number of nitrogens with two attached hydrogens (primary N) is 1. The summed E-state index contributed by atoms with van der Waals surface area (Å²) >= 11 is 3.43. The molecule has 2 rings (SSSR count). The molecule has 1 fully saturated rings. The molecule has 4 heteroatoms. The molecule has 1 atom stereocenters. The molecule has 0 radical (unpaired) electrons. The first-order valence-electron chi connectivity index (χ1n) is 5.83. The molecule has 0 aromatic carbocycles. The Labute approximate surface area is 105 Å². The summed E-state index contributed by atoms with van der Waals surface area (Å²) in [5.74, 6) is 0.964. The highest BCUT2D eigenvalue weighted by molar-refractivity contribution is 9.10. The fourth-order valence-electron chi connectivity index (χ4n) is 1.82. The third-order valence-electron chi connectivity index (χ3n) is 3.00. The first-order chi connectivity index (χ1) is 7.79. The molecule has 3 N–H and O–H groups in total. The zero-order chi connectivity index (χ0) is 11.4. The smallest absolute Gasteiger partial charge is 0.0460 e. The van der Waals surface area contributed by atoms with Crippen LogP contribution in [0.4, 0.5) is 0 Å². The molecule has 1 heterocycles. The molecule has 0 bridgehead atoms. The minimum absolute atomic E-state index is 0.226.